The normalized spacial score (nSPS) is 10.7. The lowest BCUT2D eigenvalue weighted by Crippen LogP contribution is -2.13. The van der Waals surface area contributed by atoms with Gasteiger partial charge in [-0.25, -0.2) is 4.98 Å². The molecular formula is C24H25BrN2O3S. The Bertz CT molecular complexity index is 1030. The van der Waals surface area contributed by atoms with Crippen LogP contribution < -0.4 is 10.1 Å². The van der Waals surface area contributed by atoms with E-state index in [0.717, 1.165) is 39.2 Å². The van der Waals surface area contributed by atoms with Gasteiger partial charge < -0.3 is 10.1 Å². The molecule has 3 rings (SSSR count). The van der Waals surface area contributed by atoms with Crippen molar-refractivity contribution in [2.45, 2.75) is 39.5 Å². The number of halogens is 1. The molecular weight excluding hydrogens is 476 g/mol. The van der Waals surface area contributed by atoms with Crippen molar-refractivity contribution in [2.24, 2.45) is 0 Å². The highest BCUT2D eigenvalue weighted by atomic mass is 79.9. The Labute approximate surface area is 195 Å². The van der Waals surface area contributed by atoms with E-state index in [1.807, 2.05) is 31.2 Å². The summed E-state index contributed by atoms with van der Waals surface area (Å²) >= 11 is 4.95. The third-order valence-electron chi connectivity index (χ3n) is 4.60. The van der Waals surface area contributed by atoms with E-state index >= 15 is 0 Å². The standard InChI is InChI=1S/C24H25BrN2O3S/c1-3-5-21-23(17-6-10-18(25)11-7-17)27-24(31-21)26-22(29)15-14-20(28)16-8-12-19(13-9-16)30-4-2/h6-13H,3-5,14-15H2,1-2H3,(H,26,27,29). The summed E-state index contributed by atoms with van der Waals surface area (Å²) in [6, 6.07) is 15.0. The van der Waals surface area contributed by atoms with Crippen LogP contribution in [0.3, 0.4) is 0 Å². The number of nitrogens with one attached hydrogen (secondary N) is 1. The summed E-state index contributed by atoms with van der Waals surface area (Å²) in [5.41, 5.74) is 2.50. The highest BCUT2D eigenvalue weighted by molar-refractivity contribution is 9.10. The van der Waals surface area contributed by atoms with Crippen LogP contribution in [0.5, 0.6) is 5.75 Å². The van der Waals surface area contributed by atoms with Crippen LogP contribution in [0.25, 0.3) is 11.3 Å². The molecule has 0 saturated heterocycles. The Morgan fingerprint density at radius 3 is 2.39 bits per heavy atom. The predicted octanol–water partition coefficient (Wildman–Crippen LogP) is 6.53. The number of carbonyl (C=O) groups excluding carboxylic acids is 2. The lowest BCUT2D eigenvalue weighted by molar-refractivity contribution is -0.116. The highest BCUT2D eigenvalue weighted by Gasteiger charge is 2.15. The van der Waals surface area contributed by atoms with Crippen LogP contribution in [0.1, 0.15) is 48.3 Å². The second-order valence-electron chi connectivity index (χ2n) is 6.98. The summed E-state index contributed by atoms with van der Waals surface area (Å²) in [7, 11) is 0. The van der Waals surface area contributed by atoms with Crippen LogP contribution >= 0.6 is 27.3 Å². The van der Waals surface area contributed by atoms with Gasteiger partial charge in [-0.15, -0.1) is 11.3 Å². The molecule has 0 radical (unpaired) electrons. The Morgan fingerprint density at radius 2 is 1.74 bits per heavy atom. The summed E-state index contributed by atoms with van der Waals surface area (Å²) in [4.78, 5) is 30.6. The molecule has 0 unspecified atom stereocenters. The minimum atomic E-state index is -0.210. The molecule has 5 nitrogen and oxygen atoms in total. The number of aromatic nitrogens is 1. The summed E-state index contributed by atoms with van der Waals surface area (Å²) in [5, 5.41) is 3.43. The summed E-state index contributed by atoms with van der Waals surface area (Å²) in [6.07, 6.45) is 2.15. The van der Waals surface area contributed by atoms with Gasteiger partial charge in [-0.05, 0) is 49.7 Å². The molecule has 0 saturated carbocycles. The maximum absolute atomic E-state index is 12.4. The average Bonchev–Trinajstić information content (AvgIpc) is 3.15. The first-order valence-electron chi connectivity index (χ1n) is 10.3. The number of nitrogens with zero attached hydrogens (tertiary/aromatic N) is 1. The van der Waals surface area contributed by atoms with Crippen molar-refractivity contribution < 1.29 is 14.3 Å². The largest absolute Gasteiger partial charge is 0.494 e. The fourth-order valence-electron chi connectivity index (χ4n) is 3.09. The van der Waals surface area contributed by atoms with Crippen molar-refractivity contribution in [3.05, 3.63) is 63.4 Å². The van der Waals surface area contributed by atoms with Gasteiger partial charge in [0, 0.05) is 33.3 Å². The van der Waals surface area contributed by atoms with Crippen LogP contribution in [0, 0.1) is 0 Å². The molecule has 0 aliphatic rings. The van der Waals surface area contributed by atoms with Crippen LogP contribution in [0.2, 0.25) is 0 Å². The van der Waals surface area contributed by atoms with Crippen molar-refractivity contribution in [1.82, 2.24) is 4.98 Å². The Morgan fingerprint density at radius 1 is 1.03 bits per heavy atom. The minimum Gasteiger partial charge on any atom is -0.494 e. The van der Waals surface area contributed by atoms with Gasteiger partial charge in [0.1, 0.15) is 5.75 Å². The number of rotatable bonds is 10. The maximum Gasteiger partial charge on any atom is 0.226 e. The quantitative estimate of drug-likeness (QED) is 0.321. The number of aryl methyl sites for hydroxylation is 1. The second-order valence-corrected chi connectivity index (χ2v) is 8.98. The van der Waals surface area contributed by atoms with E-state index in [-0.39, 0.29) is 24.5 Å². The molecule has 2 aromatic carbocycles. The smallest absolute Gasteiger partial charge is 0.226 e. The molecule has 1 amide bonds. The molecule has 0 bridgehead atoms. The van der Waals surface area contributed by atoms with E-state index < -0.39 is 0 Å². The van der Waals surface area contributed by atoms with E-state index in [1.54, 1.807) is 24.3 Å². The number of hydrogen-bond donors (Lipinski definition) is 1. The van der Waals surface area contributed by atoms with Gasteiger partial charge in [-0.3, -0.25) is 9.59 Å². The average molecular weight is 501 g/mol. The van der Waals surface area contributed by atoms with Gasteiger partial charge in [0.05, 0.1) is 12.3 Å². The molecule has 0 aliphatic heterocycles. The molecule has 0 aliphatic carbocycles. The van der Waals surface area contributed by atoms with Crippen molar-refractivity contribution in [2.75, 3.05) is 11.9 Å². The number of amides is 1. The zero-order chi connectivity index (χ0) is 22.2. The fraction of sp³-hybridized carbons (Fsp3) is 0.292. The number of benzene rings is 2. The first-order valence-corrected chi connectivity index (χ1v) is 11.9. The zero-order valence-corrected chi connectivity index (χ0v) is 20.0. The molecule has 3 aromatic rings. The molecule has 0 fully saturated rings. The lowest BCUT2D eigenvalue weighted by atomic mass is 10.1. The van der Waals surface area contributed by atoms with Gasteiger partial charge in [0.2, 0.25) is 5.91 Å². The third-order valence-corrected chi connectivity index (χ3v) is 6.16. The molecule has 1 N–H and O–H groups in total. The summed E-state index contributed by atoms with van der Waals surface area (Å²) in [5.74, 6) is 0.447. The fourth-order valence-corrected chi connectivity index (χ4v) is 4.46. The van der Waals surface area contributed by atoms with Gasteiger partial charge in [0.15, 0.2) is 10.9 Å². The van der Waals surface area contributed by atoms with Gasteiger partial charge in [-0.1, -0.05) is 41.4 Å². The maximum atomic E-state index is 12.4. The van der Waals surface area contributed by atoms with Crippen molar-refractivity contribution >= 4 is 44.1 Å². The van der Waals surface area contributed by atoms with E-state index in [9.17, 15) is 9.59 Å². The topological polar surface area (TPSA) is 68.3 Å². The monoisotopic (exact) mass is 500 g/mol. The molecule has 162 valence electrons. The van der Waals surface area contributed by atoms with E-state index in [1.165, 1.54) is 11.3 Å². The van der Waals surface area contributed by atoms with Gasteiger partial charge in [0.25, 0.3) is 0 Å². The van der Waals surface area contributed by atoms with E-state index in [4.69, 9.17) is 4.74 Å². The zero-order valence-electron chi connectivity index (χ0n) is 17.6. The first kappa shape index (κ1) is 23.2. The lowest BCUT2D eigenvalue weighted by Gasteiger charge is -2.05. The Kier molecular flexibility index (Phi) is 8.37. The molecule has 7 heteroatoms. The number of ether oxygens (including phenoxy) is 1. The SMILES string of the molecule is CCCc1sc(NC(=O)CCC(=O)c2ccc(OCC)cc2)nc1-c1ccc(Br)cc1. The number of carbonyl (C=O) groups is 2. The minimum absolute atomic E-state index is 0.0699. The van der Waals surface area contributed by atoms with Crippen LogP contribution in [-0.4, -0.2) is 23.3 Å². The number of thiazole rings is 1. The predicted molar refractivity (Wildman–Crippen MR) is 129 cm³/mol. The highest BCUT2D eigenvalue weighted by Crippen LogP contribution is 2.33. The van der Waals surface area contributed by atoms with Crippen molar-refractivity contribution in [1.29, 1.82) is 0 Å². The van der Waals surface area contributed by atoms with E-state index in [0.29, 0.717) is 17.3 Å². The van der Waals surface area contributed by atoms with Gasteiger partial charge >= 0.3 is 0 Å². The summed E-state index contributed by atoms with van der Waals surface area (Å²) < 4.78 is 6.40. The van der Waals surface area contributed by atoms with Crippen LogP contribution in [0.4, 0.5) is 5.13 Å². The molecule has 1 aromatic heterocycles. The molecule has 0 atom stereocenters. The number of hydrogen-bond acceptors (Lipinski definition) is 5. The van der Waals surface area contributed by atoms with E-state index in [2.05, 4.69) is 33.2 Å². The molecule has 0 spiro atoms. The van der Waals surface area contributed by atoms with Crippen molar-refractivity contribution in [3.63, 3.8) is 0 Å². The first-order chi connectivity index (χ1) is 15.0. The third kappa shape index (κ3) is 6.48. The number of Topliss-reactive ketones (excluding diaryl/α,β-unsaturated/α-hetero) is 1. The second kappa shape index (κ2) is 11.2. The summed E-state index contributed by atoms with van der Waals surface area (Å²) in [6.45, 7) is 4.61. The number of anilines is 1. The molecule has 31 heavy (non-hydrogen) atoms. The molecule has 1 heterocycles. The Hall–Kier alpha value is -2.51. The van der Waals surface area contributed by atoms with Crippen LogP contribution in [-0.2, 0) is 11.2 Å². The Balaban J connectivity index is 1.61. The van der Waals surface area contributed by atoms with Crippen LogP contribution in [0.15, 0.2) is 53.0 Å². The number of ketones is 1. The van der Waals surface area contributed by atoms with Gasteiger partial charge in [-0.2, -0.15) is 0 Å². The van der Waals surface area contributed by atoms with Crippen molar-refractivity contribution in [3.8, 4) is 17.0 Å².